The average molecular weight is 227 g/mol. The van der Waals surface area contributed by atoms with Gasteiger partial charge in [-0.2, -0.15) is 0 Å². The molecule has 0 radical (unpaired) electrons. The maximum absolute atomic E-state index is 10.7. The van der Waals surface area contributed by atoms with Crippen molar-refractivity contribution in [2.75, 3.05) is 0 Å². The lowest BCUT2D eigenvalue weighted by atomic mass is 10.1. The minimum absolute atomic E-state index is 0.0288. The summed E-state index contributed by atoms with van der Waals surface area (Å²) in [6.45, 7) is 4.06. The zero-order valence-corrected chi connectivity index (χ0v) is 9.88. The van der Waals surface area contributed by atoms with E-state index in [1.54, 1.807) is 11.3 Å². The average Bonchev–Trinajstić information content (AvgIpc) is 2.53. The second-order valence-corrected chi connectivity index (χ2v) is 4.93. The highest BCUT2D eigenvalue weighted by atomic mass is 32.1. The van der Waals surface area contributed by atoms with E-state index in [4.69, 9.17) is 5.11 Å². The van der Waals surface area contributed by atoms with Crippen LogP contribution < -0.4 is 5.32 Å². The topological polar surface area (TPSA) is 49.3 Å². The molecular weight excluding hydrogens is 210 g/mol. The molecule has 0 saturated heterocycles. The summed E-state index contributed by atoms with van der Waals surface area (Å²) in [6, 6.07) is 4.38. The lowest BCUT2D eigenvalue weighted by Crippen LogP contribution is -2.37. The Balaban J connectivity index is 2.52. The van der Waals surface area contributed by atoms with Gasteiger partial charge in [-0.05, 0) is 17.9 Å². The molecule has 2 N–H and O–H groups in total. The summed E-state index contributed by atoms with van der Waals surface area (Å²) in [6.07, 6.45) is 0.970. The van der Waals surface area contributed by atoms with Gasteiger partial charge < -0.3 is 10.4 Å². The molecule has 0 bridgehead atoms. The Morgan fingerprint density at radius 3 is 2.80 bits per heavy atom. The van der Waals surface area contributed by atoms with E-state index < -0.39 is 5.97 Å². The number of aliphatic carboxylic acids is 1. The SMILES string of the molecule is CC(C)NC(CC(=O)O)Cc1cccs1. The molecule has 0 aliphatic carbocycles. The van der Waals surface area contributed by atoms with E-state index in [0.29, 0.717) is 6.04 Å². The quantitative estimate of drug-likeness (QED) is 0.782. The fraction of sp³-hybridized carbons (Fsp3) is 0.545. The highest BCUT2D eigenvalue weighted by Crippen LogP contribution is 2.13. The van der Waals surface area contributed by atoms with Gasteiger partial charge in [0, 0.05) is 17.0 Å². The second-order valence-electron chi connectivity index (χ2n) is 3.90. The van der Waals surface area contributed by atoms with Crippen LogP contribution in [-0.2, 0) is 11.2 Å². The van der Waals surface area contributed by atoms with Crippen LogP contribution in [0.15, 0.2) is 17.5 Å². The van der Waals surface area contributed by atoms with Crippen LogP contribution in [0.5, 0.6) is 0 Å². The number of carbonyl (C=O) groups is 1. The Hall–Kier alpha value is -0.870. The predicted molar refractivity (Wildman–Crippen MR) is 62.3 cm³/mol. The van der Waals surface area contributed by atoms with E-state index in [9.17, 15) is 4.79 Å². The minimum Gasteiger partial charge on any atom is -0.481 e. The van der Waals surface area contributed by atoms with Crippen LogP contribution in [0.2, 0.25) is 0 Å². The Labute approximate surface area is 94.1 Å². The van der Waals surface area contributed by atoms with Gasteiger partial charge in [-0.25, -0.2) is 0 Å². The van der Waals surface area contributed by atoms with E-state index in [-0.39, 0.29) is 12.5 Å². The lowest BCUT2D eigenvalue weighted by Gasteiger charge is -2.18. The van der Waals surface area contributed by atoms with Crippen molar-refractivity contribution in [1.29, 1.82) is 0 Å². The van der Waals surface area contributed by atoms with Crippen molar-refractivity contribution in [3.8, 4) is 0 Å². The van der Waals surface area contributed by atoms with Crippen molar-refractivity contribution in [2.24, 2.45) is 0 Å². The van der Waals surface area contributed by atoms with Gasteiger partial charge in [-0.3, -0.25) is 4.79 Å². The fourth-order valence-electron chi connectivity index (χ4n) is 1.54. The maximum Gasteiger partial charge on any atom is 0.304 e. The van der Waals surface area contributed by atoms with E-state index >= 15 is 0 Å². The number of hydrogen-bond acceptors (Lipinski definition) is 3. The highest BCUT2D eigenvalue weighted by Gasteiger charge is 2.14. The predicted octanol–water partition coefficient (Wildman–Crippen LogP) is 2.13. The molecule has 15 heavy (non-hydrogen) atoms. The summed E-state index contributed by atoms with van der Waals surface area (Å²) in [7, 11) is 0. The smallest absolute Gasteiger partial charge is 0.304 e. The van der Waals surface area contributed by atoms with E-state index in [2.05, 4.69) is 5.32 Å². The molecule has 1 aromatic heterocycles. The molecule has 1 unspecified atom stereocenters. The van der Waals surface area contributed by atoms with E-state index in [1.807, 2.05) is 31.4 Å². The van der Waals surface area contributed by atoms with Crippen molar-refractivity contribution in [3.63, 3.8) is 0 Å². The van der Waals surface area contributed by atoms with Crippen molar-refractivity contribution >= 4 is 17.3 Å². The standard InChI is InChI=1S/C11H17NO2S/c1-8(2)12-9(7-11(13)14)6-10-4-3-5-15-10/h3-5,8-9,12H,6-7H2,1-2H3,(H,13,14). The van der Waals surface area contributed by atoms with Gasteiger partial charge in [0.25, 0.3) is 0 Å². The van der Waals surface area contributed by atoms with Crippen molar-refractivity contribution in [2.45, 2.75) is 38.8 Å². The second kappa shape index (κ2) is 5.88. The molecule has 1 atom stereocenters. The van der Waals surface area contributed by atoms with Crippen LogP contribution in [0, 0.1) is 0 Å². The molecule has 84 valence electrons. The maximum atomic E-state index is 10.7. The van der Waals surface area contributed by atoms with Crippen LogP contribution in [0.3, 0.4) is 0 Å². The third-order valence-electron chi connectivity index (χ3n) is 2.02. The summed E-state index contributed by atoms with van der Waals surface area (Å²) in [4.78, 5) is 11.9. The minimum atomic E-state index is -0.746. The van der Waals surface area contributed by atoms with Crippen molar-refractivity contribution < 1.29 is 9.90 Å². The molecule has 0 aromatic carbocycles. The highest BCUT2D eigenvalue weighted by molar-refractivity contribution is 7.09. The number of carboxylic acid groups (broad SMARTS) is 1. The molecular formula is C11H17NO2S. The summed E-state index contributed by atoms with van der Waals surface area (Å²) in [5, 5.41) is 14.1. The normalized spacial score (nSPS) is 13.0. The summed E-state index contributed by atoms with van der Waals surface area (Å²) < 4.78 is 0. The van der Waals surface area contributed by atoms with E-state index in [1.165, 1.54) is 4.88 Å². The Morgan fingerprint density at radius 2 is 2.33 bits per heavy atom. The molecule has 0 spiro atoms. The van der Waals surface area contributed by atoms with Gasteiger partial charge in [0.2, 0.25) is 0 Å². The largest absolute Gasteiger partial charge is 0.481 e. The van der Waals surface area contributed by atoms with Gasteiger partial charge in [0.1, 0.15) is 0 Å². The number of carboxylic acids is 1. The Kier molecular flexibility index (Phi) is 4.78. The Morgan fingerprint density at radius 1 is 1.60 bits per heavy atom. The van der Waals surface area contributed by atoms with Gasteiger partial charge in [0.15, 0.2) is 0 Å². The molecule has 1 rings (SSSR count). The molecule has 0 aliphatic heterocycles. The number of hydrogen-bond donors (Lipinski definition) is 2. The van der Waals surface area contributed by atoms with Gasteiger partial charge in [-0.1, -0.05) is 19.9 Å². The number of thiophene rings is 1. The van der Waals surface area contributed by atoms with Crippen LogP contribution in [0.1, 0.15) is 25.1 Å². The van der Waals surface area contributed by atoms with Gasteiger partial charge in [0.05, 0.1) is 6.42 Å². The molecule has 0 amide bonds. The third-order valence-corrected chi connectivity index (χ3v) is 2.92. The van der Waals surface area contributed by atoms with Crippen LogP contribution in [0.4, 0.5) is 0 Å². The first-order valence-electron chi connectivity index (χ1n) is 5.08. The van der Waals surface area contributed by atoms with Crippen LogP contribution in [-0.4, -0.2) is 23.2 Å². The molecule has 4 heteroatoms. The number of rotatable bonds is 6. The van der Waals surface area contributed by atoms with Crippen molar-refractivity contribution in [1.82, 2.24) is 5.32 Å². The van der Waals surface area contributed by atoms with Crippen LogP contribution in [0.25, 0.3) is 0 Å². The summed E-state index contributed by atoms with van der Waals surface area (Å²) >= 11 is 1.67. The first-order valence-corrected chi connectivity index (χ1v) is 5.96. The third kappa shape index (κ3) is 4.95. The molecule has 0 saturated carbocycles. The molecule has 0 aliphatic rings. The fourth-order valence-corrected chi connectivity index (χ4v) is 2.33. The molecule has 1 heterocycles. The van der Waals surface area contributed by atoms with E-state index in [0.717, 1.165) is 6.42 Å². The lowest BCUT2D eigenvalue weighted by molar-refractivity contribution is -0.137. The number of nitrogens with one attached hydrogen (secondary N) is 1. The molecule has 3 nitrogen and oxygen atoms in total. The zero-order chi connectivity index (χ0) is 11.3. The van der Waals surface area contributed by atoms with Gasteiger partial charge >= 0.3 is 5.97 Å². The molecule has 0 fully saturated rings. The Bertz CT molecular complexity index is 296. The zero-order valence-electron chi connectivity index (χ0n) is 9.06. The first-order chi connectivity index (χ1) is 7.08. The molecule has 1 aromatic rings. The van der Waals surface area contributed by atoms with Crippen molar-refractivity contribution in [3.05, 3.63) is 22.4 Å². The van der Waals surface area contributed by atoms with Gasteiger partial charge in [-0.15, -0.1) is 11.3 Å². The monoisotopic (exact) mass is 227 g/mol. The summed E-state index contributed by atoms with van der Waals surface area (Å²) in [5.74, 6) is -0.746. The summed E-state index contributed by atoms with van der Waals surface area (Å²) in [5.41, 5.74) is 0. The first kappa shape index (κ1) is 12.2. The van der Waals surface area contributed by atoms with Crippen LogP contribution >= 0.6 is 11.3 Å².